The van der Waals surface area contributed by atoms with Crippen molar-refractivity contribution < 1.29 is 9.47 Å². The van der Waals surface area contributed by atoms with E-state index in [1.54, 1.807) is 0 Å². The van der Waals surface area contributed by atoms with Crippen LogP contribution in [0.25, 0.3) is 0 Å². The van der Waals surface area contributed by atoms with Crippen LogP contribution in [0.15, 0.2) is 24.3 Å². The summed E-state index contributed by atoms with van der Waals surface area (Å²) in [6, 6.07) is 8.67. The van der Waals surface area contributed by atoms with Crippen molar-refractivity contribution in [2.45, 2.75) is 25.8 Å². The predicted octanol–water partition coefficient (Wildman–Crippen LogP) is 2.77. The molecule has 1 fully saturated rings. The van der Waals surface area contributed by atoms with Crippen LogP contribution in [0.5, 0.6) is 5.75 Å². The first-order valence-corrected chi connectivity index (χ1v) is 6.81. The summed E-state index contributed by atoms with van der Waals surface area (Å²) < 4.78 is 11.4. The van der Waals surface area contributed by atoms with Gasteiger partial charge in [-0.2, -0.15) is 0 Å². The van der Waals surface area contributed by atoms with Crippen LogP contribution >= 0.6 is 0 Å². The van der Waals surface area contributed by atoms with Gasteiger partial charge in [0.05, 0.1) is 13.2 Å². The fraction of sp³-hybridized carbons (Fsp3) is 0.600. The largest absolute Gasteiger partial charge is 0.493 e. The van der Waals surface area contributed by atoms with Gasteiger partial charge >= 0.3 is 0 Å². The summed E-state index contributed by atoms with van der Waals surface area (Å²) in [6.45, 7) is 4.66. The first kappa shape index (κ1) is 13.4. The van der Waals surface area contributed by atoms with Crippen LogP contribution in [0.2, 0.25) is 0 Å². The average molecular weight is 249 g/mol. The van der Waals surface area contributed by atoms with E-state index in [-0.39, 0.29) is 0 Å². The zero-order chi connectivity index (χ0) is 12.8. The van der Waals surface area contributed by atoms with Crippen LogP contribution < -0.4 is 10.1 Å². The van der Waals surface area contributed by atoms with Crippen LogP contribution in [0.3, 0.4) is 0 Å². The van der Waals surface area contributed by atoms with Gasteiger partial charge in [0.1, 0.15) is 5.75 Å². The molecule has 0 aromatic heterocycles. The molecule has 2 atom stereocenters. The molecule has 0 bridgehead atoms. The SMILES string of the molecule is CCC(NC)c1ccccc1OCC1CCOC1. The van der Waals surface area contributed by atoms with Crippen molar-refractivity contribution in [1.82, 2.24) is 5.32 Å². The van der Waals surface area contributed by atoms with Crippen molar-refractivity contribution >= 4 is 0 Å². The minimum atomic E-state index is 0.362. The topological polar surface area (TPSA) is 30.5 Å². The molecule has 0 aliphatic carbocycles. The van der Waals surface area contributed by atoms with Gasteiger partial charge in [0.2, 0.25) is 0 Å². The van der Waals surface area contributed by atoms with Gasteiger partial charge in [-0.1, -0.05) is 25.1 Å². The molecule has 0 amide bonds. The molecule has 18 heavy (non-hydrogen) atoms. The third-order valence-electron chi connectivity index (χ3n) is 3.55. The Bertz CT molecular complexity index is 357. The first-order chi connectivity index (χ1) is 8.85. The monoisotopic (exact) mass is 249 g/mol. The normalized spacial score (nSPS) is 20.9. The Morgan fingerprint density at radius 1 is 1.44 bits per heavy atom. The highest BCUT2D eigenvalue weighted by atomic mass is 16.5. The third-order valence-corrected chi connectivity index (χ3v) is 3.55. The number of benzene rings is 1. The molecular weight excluding hydrogens is 226 g/mol. The summed E-state index contributed by atoms with van der Waals surface area (Å²) in [5.74, 6) is 1.55. The highest BCUT2D eigenvalue weighted by Crippen LogP contribution is 2.27. The molecule has 0 spiro atoms. The van der Waals surface area contributed by atoms with E-state index in [2.05, 4.69) is 30.4 Å². The van der Waals surface area contributed by atoms with Crippen LogP contribution in [-0.2, 0) is 4.74 Å². The molecule has 2 unspecified atom stereocenters. The lowest BCUT2D eigenvalue weighted by Gasteiger charge is -2.19. The van der Waals surface area contributed by atoms with Crippen molar-refractivity contribution in [3.63, 3.8) is 0 Å². The Kier molecular flexibility index (Phi) is 5.02. The summed E-state index contributed by atoms with van der Waals surface area (Å²) in [5.41, 5.74) is 1.25. The van der Waals surface area contributed by atoms with Crippen molar-refractivity contribution in [1.29, 1.82) is 0 Å². The van der Waals surface area contributed by atoms with Crippen molar-refractivity contribution in [3.05, 3.63) is 29.8 Å². The number of rotatable bonds is 6. The average Bonchev–Trinajstić information content (AvgIpc) is 2.92. The summed E-state index contributed by atoms with van der Waals surface area (Å²) in [6.07, 6.45) is 2.18. The third kappa shape index (κ3) is 3.24. The predicted molar refractivity (Wildman–Crippen MR) is 73.0 cm³/mol. The van der Waals surface area contributed by atoms with Gasteiger partial charge in [-0.15, -0.1) is 0 Å². The zero-order valence-corrected chi connectivity index (χ0v) is 11.3. The van der Waals surface area contributed by atoms with Crippen LogP contribution in [-0.4, -0.2) is 26.9 Å². The summed E-state index contributed by atoms with van der Waals surface area (Å²) in [5, 5.41) is 3.33. The van der Waals surface area contributed by atoms with Gasteiger partial charge in [-0.05, 0) is 26.0 Å². The molecule has 0 saturated carbocycles. The Morgan fingerprint density at radius 3 is 2.94 bits per heavy atom. The summed E-state index contributed by atoms with van der Waals surface area (Å²) in [7, 11) is 2.00. The molecule has 0 radical (unpaired) electrons. The van der Waals surface area contributed by atoms with E-state index in [0.717, 1.165) is 38.4 Å². The second-order valence-electron chi connectivity index (χ2n) is 4.83. The maximum atomic E-state index is 5.99. The number of para-hydroxylation sites is 1. The molecule has 1 heterocycles. The van der Waals surface area contributed by atoms with E-state index in [1.807, 2.05) is 13.1 Å². The molecular formula is C15H23NO2. The van der Waals surface area contributed by atoms with Gasteiger partial charge in [0, 0.05) is 24.1 Å². The van der Waals surface area contributed by atoms with Gasteiger partial charge in [-0.25, -0.2) is 0 Å². The fourth-order valence-electron chi connectivity index (χ4n) is 2.40. The van der Waals surface area contributed by atoms with Crippen molar-refractivity contribution in [2.24, 2.45) is 5.92 Å². The molecule has 3 heteroatoms. The Labute approximate surface area is 109 Å². The van der Waals surface area contributed by atoms with Gasteiger partial charge in [-0.3, -0.25) is 0 Å². The van der Waals surface area contributed by atoms with Crippen LogP contribution in [0.1, 0.15) is 31.4 Å². The smallest absolute Gasteiger partial charge is 0.124 e. The molecule has 1 aromatic rings. The fourth-order valence-corrected chi connectivity index (χ4v) is 2.40. The van der Waals surface area contributed by atoms with Crippen molar-refractivity contribution in [2.75, 3.05) is 26.9 Å². The maximum Gasteiger partial charge on any atom is 0.124 e. The first-order valence-electron chi connectivity index (χ1n) is 6.81. The van der Waals surface area contributed by atoms with Gasteiger partial charge in [0.15, 0.2) is 0 Å². The summed E-state index contributed by atoms with van der Waals surface area (Å²) >= 11 is 0. The standard InChI is InChI=1S/C15H23NO2/c1-3-14(16-2)13-6-4-5-7-15(13)18-11-12-8-9-17-10-12/h4-7,12,14,16H,3,8-11H2,1-2H3. The van der Waals surface area contributed by atoms with Gasteiger partial charge in [0.25, 0.3) is 0 Å². The molecule has 3 nitrogen and oxygen atoms in total. The maximum absolute atomic E-state index is 5.99. The minimum absolute atomic E-state index is 0.362. The Morgan fingerprint density at radius 2 is 2.28 bits per heavy atom. The number of nitrogens with one attached hydrogen (secondary N) is 1. The molecule has 1 saturated heterocycles. The molecule has 100 valence electrons. The Balaban J connectivity index is 2.01. The second kappa shape index (κ2) is 6.76. The lowest BCUT2D eigenvalue weighted by molar-refractivity contribution is 0.166. The highest BCUT2D eigenvalue weighted by Gasteiger charge is 2.18. The highest BCUT2D eigenvalue weighted by molar-refractivity contribution is 5.35. The molecule has 1 aromatic carbocycles. The molecule has 1 N–H and O–H groups in total. The number of ether oxygens (including phenoxy) is 2. The Hall–Kier alpha value is -1.06. The van der Waals surface area contributed by atoms with Gasteiger partial charge < -0.3 is 14.8 Å². The van der Waals surface area contributed by atoms with Crippen molar-refractivity contribution in [3.8, 4) is 5.75 Å². The minimum Gasteiger partial charge on any atom is -0.493 e. The lowest BCUT2D eigenvalue weighted by atomic mass is 10.0. The van der Waals surface area contributed by atoms with Crippen LogP contribution in [0, 0.1) is 5.92 Å². The zero-order valence-electron chi connectivity index (χ0n) is 11.3. The van der Waals surface area contributed by atoms with E-state index < -0.39 is 0 Å². The van der Waals surface area contributed by atoms with E-state index in [0.29, 0.717) is 12.0 Å². The molecule has 1 aliphatic heterocycles. The lowest BCUT2D eigenvalue weighted by Crippen LogP contribution is -2.18. The second-order valence-corrected chi connectivity index (χ2v) is 4.83. The summed E-state index contributed by atoms with van der Waals surface area (Å²) in [4.78, 5) is 0. The molecule has 1 aliphatic rings. The number of hydrogen-bond donors (Lipinski definition) is 1. The van der Waals surface area contributed by atoms with E-state index in [9.17, 15) is 0 Å². The van der Waals surface area contributed by atoms with E-state index in [1.165, 1.54) is 5.56 Å². The van der Waals surface area contributed by atoms with Crippen LogP contribution in [0.4, 0.5) is 0 Å². The quantitative estimate of drug-likeness (QED) is 0.841. The number of hydrogen-bond acceptors (Lipinski definition) is 3. The molecule has 2 rings (SSSR count). The van der Waals surface area contributed by atoms with E-state index in [4.69, 9.17) is 9.47 Å². The van der Waals surface area contributed by atoms with E-state index >= 15 is 0 Å².